The van der Waals surface area contributed by atoms with Crippen LogP contribution < -0.4 is 0 Å². The molecule has 6 atom stereocenters. The summed E-state index contributed by atoms with van der Waals surface area (Å²) in [5.74, 6) is 0.212. The van der Waals surface area contributed by atoms with E-state index in [0.29, 0.717) is 31.6 Å². The van der Waals surface area contributed by atoms with E-state index in [1.165, 1.54) is 212 Å². The molecular formula is C85H162O17P2. The number of aliphatic hydroxyl groups is 1. The number of carbonyl (C=O) groups is 4. The van der Waals surface area contributed by atoms with E-state index in [9.17, 15) is 43.2 Å². The van der Waals surface area contributed by atoms with Gasteiger partial charge in [0, 0.05) is 25.7 Å². The molecule has 0 rings (SSSR count). The Hall–Kier alpha value is -2.46. The van der Waals surface area contributed by atoms with Gasteiger partial charge in [0.25, 0.3) is 0 Å². The Morgan fingerprint density at radius 3 is 0.856 bits per heavy atom. The van der Waals surface area contributed by atoms with Crippen molar-refractivity contribution in [1.29, 1.82) is 0 Å². The Morgan fingerprint density at radius 1 is 0.317 bits per heavy atom. The van der Waals surface area contributed by atoms with E-state index in [2.05, 4.69) is 72.8 Å². The van der Waals surface area contributed by atoms with Crippen LogP contribution in [0.4, 0.5) is 0 Å². The molecule has 0 amide bonds. The van der Waals surface area contributed by atoms with E-state index in [1.54, 1.807) is 0 Å². The summed E-state index contributed by atoms with van der Waals surface area (Å²) in [6.07, 6.45) is 67.6. The van der Waals surface area contributed by atoms with Gasteiger partial charge in [0.15, 0.2) is 12.2 Å². The van der Waals surface area contributed by atoms with Gasteiger partial charge in [0.1, 0.15) is 19.3 Å². The van der Waals surface area contributed by atoms with E-state index in [-0.39, 0.29) is 25.7 Å². The molecule has 0 aliphatic heterocycles. The highest BCUT2D eigenvalue weighted by atomic mass is 31.2. The van der Waals surface area contributed by atoms with Crippen LogP contribution in [0.2, 0.25) is 0 Å². The maximum absolute atomic E-state index is 13.1. The predicted octanol–water partition coefficient (Wildman–Crippen LogP) is 25.3. The van der Waals surface area contributed by atoms with Gasteiger partial charge >= 0.3 is 39.5 Å². The van der Waals surface area contributed by atoms with Crippen LogP contribution >= 0.6 is 15.6 Å². The lowest BCUT2D eigenvalue weighted by Gasteiger charge is -2.21. The van der Waals surface area contributed by atoms with Crippen molar-refractivity contribution in [1.82, 2.24) is 0 Å². The highest BCUT2D eigenvalue weighted by Gasteiger charge is 2.30. The molecule has 4 unspecified atom stereocenters. The second-order valence-corrected chi connectivity index (χ2v) is 34.0. The zero-order valence-corrected chi connectivity index (χ0v) is 69.8. The van der Waals surface area contributed by atoms with Gasteiger partial charge in [-0.05, 0) is 69.1 Å². The zero-order chi connectivity index (χ0) is 76.5. The number of allylic oxidation sites excluding steroid dienone is 4. The molecular weight excluding hydrogens is 1350 g/mol. The number of esters is 4. The normalized spacial score (nSPS) is 14.3. The minimum absolute atomic E-state index is 0.0853. The van der Waals surface area contributed by atoms with Crippen molar-refractivity contribution in [3.63, 3.8) is 0 Å². The number of hydrogen-bond acceptors (Lipinski definition) is 15. The maximum atomic E-state index is 13.1. The van der Waals surface area contributed by atoms with Crippen molar-refractivity contribution in [2.45, 2.75) is 439 Å². The molecule has 0 aromatic carbocycles. The second-order valence-electron chi connectivity index (χ2n) is 31.1. The molecule has 0 aliphatic rings. The number of phosphoric acid groups is 2. The fourth-order valence-electron chi connectivity index (χ4n) is 12.6. The lowest BCUT2D eigenvalue weighted by molar-refractivity contribution is -0.161. The van der Waals surface area contributed by atoms with Gasteiger partial charge in [-0.25, -0.2) is 9.13 Å². The largest absolute Gasteiger partial charge is 0.472 e. The van der Waals surface area contributed by atoms with E-state index < -0.39 is 97.5 Å². The second kappa shape index (κ2) is 74.6. The topological polar surface area (TPSA) is 237 Å². The first-order chi connectivity index (χ1) is 50.3. The molecule has 0 aliphatic carbocycles. The van der Waals surface area contributed by atoms with Crippen LogP contribution in [0.15, 0.2) is 24.3 Å². The van der Waals surface area contributed by atoms with E-state index in [4.69, 9.17) is 37.0 Å². The monoisotopic (exact) mass is 1520 g/mol. The maximum Gasteiger partial charge on any atom is 0.472 e. The summed E-state index contributed by atoms with van der Waals surface area (Å²) in [5.41, 5.74) is 0. The summed E-state index contributed by atoms with van der Waals surface area (Å²) in [6.45, 7) is 11.9. The molecule has 0 spiro atoms. The molecule has 104 heavy (non-hydrogen) atoms. The Balaban J connectivity index is 5.21. The van der Waals surface area contributed by atoms with Gasteiger partial charge < -0.3 is 33.8 Å². The highest BCUT2D eigenvalue weighted by molar-refractivity contribution is 7.47. The first kappa shape index (κ1) is 102. The molecule has 0 saturated carbocycles. The molecule has 0 aromatic rings. The summed E-state index contributed by atoms with van der Waals surface area (Å²) in [6, 6.07) is 0. The number of unbranched alkanes of at least 4 members (excludes halogenated alkanes) is 45. The Kier molecular flexibility index (Phi) is 72.9. The predicted molar refractivity (Wildman–Crippen MR) is 427 cm³/mol. The van der Waals surface area contributed by atoms with Crippen LogP contribution in [0, 0.1) is 17.8 Å². The molecule has 3 N–H and O–H groups in total. The average Bonchev–Trinajstić information content (AvgIpc) is 0.902. The number of rotatable bonds is 81. The Morgan fingerprint density at radius 2 is 0.567 bits per heavy atom. The zero-order valence-electron chi connectivity index (χ0n) is 68.0. The first-order valence-corrected chi connectivity index (χ1v) is 46.2. The van der Waals surface area contributed by atoms with Gasteiger partial charge in [0.05, 0.1) is 26.4 Å². The standard InChI is InChI=1S/C85H162O17P2/c1-8-10-11-12-13-14-15-16-22-30-35-40-45-54-61-68-84(89)101-80(72-95-82(87)66-59-52-44-39-34-29-25-20-18-17-19-24-28-33-38-43-51-58-65-78(7)9-2)74-99-103(91,92)97-70-79(86)71-98-104(93,94)100-75-81(73-96-83(88)67-60-53-48-47-50-57-64-77(5)6)102-85(90)69-62-55-46-41-36-31-26-21-23-27-32-37-42-49-56-63-76(3)4/h14-16,22,76-81,86H,8-13,17-21,23-75H2,1-7H3,(H,91,92)(H,93,94)/b15-14-,22-16-/t78?,79?,80-,81-/m1/s1. The smallest absolute Gasteiger partial charge is 0.462 e. The number of carbonyl (C=O) groups excluding carboxylic acids is 4. The lowest BCUT2D eigenvalue weighted by Crippen LogP contribution is -2.30. The Labute approximate surface area is 637 Å². The SMILES string of the molecule is CCCCCC/C=C\C=C/CCCCCCCC(=O)O[C@H](COC(=O)CCCCCCCCCCCCCCCCCCCCC(C)CC)COP(=O)(O)OCC(O)COP(=O)(O)OC[C@@H](COC(=O)CCCCCCCCC(C)C)OC(=O)CCCCCCCCCCCCCCCCCC(C)C. The van der Waals surface area contributed by atoms with Crippen LogP contribution in [0.25, 0.3) is 0 Å². The summed E-state index contributed by atoms with van der Waals surface area (Å²) < 4.78 is 68.7. The van der Waals surface area contributed by atoms with Crippen LogP contribution in [0.3, 0.4) is 0 Å². The van der Waals surface area contributed by atoms with Crippen molar-refractivity contribution in [3.05, 3.63) is 24.3 Å². The molecule has 0 aromatic heterocycles. The van der Waals surface area contributed by atoms with Gasteiger partial charge in [-0.3, -0.25) is 37.3 Å². The van der Waals surface area contributed by atoms with E-state index in [0.717, 1.165) is 121 Å². The third kappa shape index (κ3) is 76.3. The highest BCUT2D eigenvalue weighted by Crippen LogP contribution is 2.45. The minimum atomic E-state index is -4.97. The van der Waals surface area contributed by atoms with Crippen LogP contribution in [-0.2, 0) is 65.4 Å². The van der Waals surface area contributed by atoms with E-state index >= 15 is 0 Å². The fourth-order valence-corrected chi connectivity index (χ4v) is 14.2. The molecule has 0 bridgehead atoms. The number of phosphoric ester groups is 2. The number of ether oxygens (including phenoxy) is 4. The summed E-state index contributed by atoms with van der Waals surface area (Å²) >= 11 is 0. The third-order valence-corrected chi connectivity index (χ3v) is 21.5. The number of aliphatic hydroxyl groups excluding tert-OH is 1. The Bertz CT molecular complexity index is 2110. The van der Waals surface area contributed by atoms with Gasteiger partial charge in [-0.15, -0.1) is 0 Å². The molecule has 19 heteroatoms. The van der Waals surface area contributed by atoms with Crippen LogP contribution in [0.5, 0.6) is 0 Å². The van der Waals surface area contributed by atoms with Crippen molar-refractivity contribution in [2.75, 3.05) is 39.6 Å². The number of hydrogen-bond donors (Lipinski definition) is 3. The van der Waals surface area contributed by atoms with Crippen molar-refractivity contribution in [3.8, 4) is 0 Å². The molecule has 17 nitrogen and oxygen atoms in total. The van der Waals surface area contributed by atoms with Gasteiger partial charge in [-0.1, -0.05) is 368 Å². The van der Waals surface area contributed by atoms with Crippen LogP contribution in [0.1, 0.15) is 421 Å². The molecule has 0 radical (unpaired) electrons. The lowest BCUT2D eigenvalue weighted by atomic mass is 9.99. The quantitative estimate of drug-likeness (QED) is 0.0169. The van der Waals surface area contributed by atoms with Crippen molar-refractivity contribution >= 4 is 39.5 Å². The average molecular weight is 1520 g/mol. The molecule has 614 valence electrons. The van der Waals surface area contributed by atoms with Crippen LogP contribution in [-0.4, -0.2) is 96.7 Å². The summed E-state index contributed by atoms with van der Waals surface area (Å²) in [7, 11) is -9.94. The van der Waals surface area contributed by atoms with E-state index in [1.807, 2.05) is 0 Å². The van der Waals surface area contributed by atoms with Gasteiger partial charge in [-0.2, -0.15) is 0 Å². The fraction of sp³-hybridized carbons (Fsp3) is 0.906. The molecule has 0 heterocycles. The first-order valence-electron chi connectivity index (χ1n) is 43.2. The third-order valence-electron chi connectivity index (χ3n) is 19.6. The van der Waals surface area contributed by atoms with Gasteiger partial charge in [0.2, 0.25) is 0 Å². The molecule has 0 saturated heterocycles. The minimum Gasteiger partial charge on any atom is -0.462 e. The molecule has 0 fully saturated rings. The summed E-state index contributed by atoms with van der Waals surface area (Å²) in [5, 5.41) is 10.7. The van der Waals surface area contributed by atoms with Crippen molar-refractivity contribution < 1.29 is 80.2 Å². The van der Waals surface area contributed by atoms with Crippen molar-refractivity contribution in [2.24, 2.45) is 17.8 Å². The summed E-state index contributed by atoms with van der Waals surface area (Å²) in [4.78, 5) is 73.1.